The van der Waals surface area contributed by atoms with Crippen LogP contribution in [0.2, 0.25) is 0 Å². The first-order valence-corrected chi connectivity index (χ1v) is 6.97. The Morgan fingerprint density at radius 3 is 2.17 bits per heavy atom. The Morgan fingerprint density at radius 1 is 1.00 bits per heavy atom. The van der Waals surface area contributed by atoms with Gasteiger partial charge in [-0.2, -0.15) is 0 Å². The molecule has 0 fully saturated rings. The number of ketones is 1. The molecule has 2 aromatic carbocycles. The Kier molecular flexibility index (Phi) is 4.60. The highest BCUT2D eigenvalue weighted by Gasteiger charge is 2.23. The zero-order chi connectivity index (χ0) is 17.1. The van der Waals surface area contributed by atoms with Crippen molar-refractivity contribution in [1.29, 1.82) is 0 Å². The number of allylic oxidation sites excluding steroid dienone is 1. The van der Waals surface area contributed by atoms with Crippen molar-refractivity contribution in [3.8, 4) is 23.0 Å². The Bertz CT molecular complexity index is 773. The summed E-state index contributed by atoms with van der Waals surface area (Å²) in [5, 5.41) is 29.4. The molecule has 0 aliphatic heterocycles. The van der Waals surface area contributed by atoms with Crippen LogP contribution in [0.15, 0.2) is 30.3 Å². The van der Waals surface area contributed by atoms with Crippen LogP contribution in [0.25, 0.3) is 6.08 Å². The number of hydrogen-bond acceptors (Lipinski definition) is 5. The highest BCUT2D eigenvalue weighted by molar-refractivity contribution is 6.11. The van der Waals surface area contributed by atoms with Gasteiger partial charge in [-0.3, -0.25) is 4.79 Å². The van der Waals surface area contributed by atoms with E-state index < -0.39 is 5.78 Å². The van der Waals surface area contributed by atoms with Gasteiger partial charge in [0.15, 0.2) is 5.78 Å². The molecule has 0 saturated heterocycles. The van der Waals surface area contributed by atoms with Gasteiger partial charge >= 0.3 is 0 Å². The molecule has 0 unspecified atom stereocenters. The molecular weight excluding hydrogens is 296 g/mol. The summed E-state index contributed by atoms with van der Waals surface area (Å²) < 4.78 is 5.17. The fraction of sp³-hybridized carbons (Fsp3) is 0.167. The van der Waals surface area contributed by atoms with E-state index in [9.17, 15) is 20.1 Å². The van der Waals surface area contributed by atoms with E-state index in [1.165, 1.54) is 32.2 Å². The summed E-state index contributed by atoms with van der Waals surface area (Å²) in [5.74, 6) is -0.564. The van der Waals surface area contributed by atoms with Gasteiger partial charge < -0.3 is 20.1 Å². The van der Waals surface area contributed by atoms with Crippen molar-refractivity contribution in [3.63, 3.8) is 0 Å². The van der Waals surface area contributed by atoms with E-state index in [2.05, 4.69) is 0 Å². The van der Waals surface area contributed by atoms with E-state index in [1.54, 1.807) is 25.1 Å². The van der Waals surface area contributed by atoms with Crippen LogP contribution in [-0.4, -0.2) is 28.2 Å². The number of phenols is 3. The molecule has 0 aromatic heterocycles. The van der Waals surface area contributed by atoms with Crippen LogP contribution in [0.5, 0.6) is 23.0 Å². The maximum atomic E-state index is 12.4. The van der Waals surface area contributed by atoms with Crippen LogP contribution in [0.1, 0.15) is 27.0 Å². The Balaban J connectivity index is 2.45. The lowest BCUT2D eigenvalue weighted by Gasteiger charge is -2.15. The minimum absolute atomic E-state index is 0.00956. The van der Waals surface area contributed by atoms with Crippen LogP contribution >= 0.6 is 0 Å². The predicted molar refractivity (Wildman–Crippen MR) is 87.3 cm³/mol. The molecule has 3 N–H and O–H groups in total. The molecule has 0 saturated carbocycles. The molecule has 0 amide bonds. The molecule has 0 aliphatic carbocycles. The minimum atomic E-state index is -0.446. The van der Waals surface area contributed by atoms with Gasteiger partial charge in [-0.15, -0.1) is 0 Å². The van der Waals surface area contributed by atoms with Crippen LogP contribution in [0.3, 0.4) is 0 Å². The molecule has 23 heavy (non-hydrogen) atoms. The highest BCUT2D eigenvalue weighted by Crippen LogP contribution is 2.41. The highest BCUT2D eigenvalue weighted by atomic mass is 16.5. The standard InChI is InChI=1S/C18H18O5/c1-10-16(21)11(2)18(23-3)15(17(10)22)14(20)9-6-12-4-7-13(19)8-5-12/h4-9,19,21-22H,1-3H3. The lowest BCUT2D eigenvalue weighted by molar-refractivity contribution is 0.104. The SMILES string of the molecule is COc1c(C)c(O)c(C)c(O)c1C(=O)C=Cc1ccc(O)cc1. The third kappa shape index (κ3) is 3.13. The zero-order valence-electron chi connectivity index (χ0n) is 13.1. The first kappa shape index (κ1) is 16.4. The second kappa shape index (κ2) is 6.44. The van der Waals surface area contributed by atoms with E-state index >= 15 is 0 Å². The van der Waals surface area contributed by atoms with Crippen LogP contribution in [-0.2, 0) is 0 Å². The first-order valence-electron chi connectivity index (χ1n) is 6.97. The van der Waals surface area contributed by atoms with Gasteiger partial charge in [0.05, 0.1) is 7.11 Å². The monoisotopic (exact) mass is 314 g/mol. The van der Waals surface area contributed by atoms with Gasteiger partial charge in [0.2, 0.25) is 0 Å². The molecule has 0 spiro atoms. The van der Waals surface area contributed by atoms with Gasteiger partial charge in [-0.1, -0.05) is 18.2 Å². The molecular formula is C18H18O5. The second-order valence-corrected chi connectivity index (χ2v) is 5.14. The molecule has 5 nitrogen and oxygen atoms in total. The molecule has 5 heteroatoms. The van der Waals surface area contributed by atoms with Gasteiger partial charge in [-0.25, -0.2) is 0 Å². The summed E-state index contributed by atoms with van der Waals surface area (Å²) in [4.78, 5) is 12.4. The summed E-state index contributed by atoms with van der Waals surface area (Å²) in [7, 11) is 1.37. The van der Waals surface area contributed by atoms with Gasteiger partial charge in [-0.05, 0) is 37.6 Å². The molecule has 0 bridgehead atoms. The van der Waals surface area contributed by atoms with Crippen molar-refractivity contribution in [2.75, 3.05) is 7.11 Å². The van der Waals surface area contributed by atoms with Gasteiger partial charge in [0.1, 0.15) is 28.6 Å². The molecule has 2 aromatic rings. The van der Waals surface area contributed by atoms with Crippen molar-refractivity contribution in [3.05, 3.63) is 52.6 Å². The van der Waals surface area contributed by atoms with Crippen molar-refractivity contribution < 1.29 is 24.9 Å². The summed E-state index contributed by atoms with van der Waals surface area (Å²) in [6, 6.07) is 6.33. The van der Waals surface area contributed by atoms with Crippen molar-refractivity contribution in [2.24, 2.45) is 0 Å². The fourth-order valence-corrected chi connectivity index (χ4v) is 2.31. The topological polar surface area (TPSA) is 87.0 Å². The van der Waals surface area contributed by atoms with Crippen molar-refractivity contribution in [2.45, 2.75) is 13.8 Å². The van der Waals surface area contributed by atoms with E-state index in [4.69, 9.17) is 4.74 Å². The van der Waals surface area contributed by atoms with Gasteiger partial charge in [0, 0.05) is 11.1 Å². The molecule has 0 heterocycles. The van der Waals surface area contributed by atoms with Crippen molar-refractivity contribution >= 4 is 11.9 Å². The largest absolute Gasteiger partial charge is 0.508 e. The number of carbonyl (C=O) groups is 1. The number of aromatic hydroxyl groups is 3. The lowest BCUT2D eigenvalue weighted by Crippen LogP contribution is -2.03. The quantitative estimate of drug-likeness (QED) is 0.595. The molecule has 120 valence electrons. The fourth-order valence-electron chi connectivity index (χ4n) is 2.31. The number of ether oxygens (including phenoxy) is 1. The number of phenolic OH excluding ortho intramolecular Hbond substituents is 3. The van der Waals surface area contributed by atoms with E-state index in [0.717, 1.165) is 5.56 Å². The number of carbonyl (C=O) groups excluding carboxylic acids is 1. The maximum absolute atomic E-state index is 12.4. The van der Waals surface area contributed by atoms with Crippen LogP contribution in [0.4, 0.5) is 0 Å². The lowest BCUT2D eigenvalue weighted by atomic mass is 9.98. The Morgan fingerprint density at radius 2 is 1.61 bits per heavy atom. The molecule has 0 atom stereocenters. The number of rotatable bonds is 4. The first-order chi connectivity index (χ1) is 10.9. The van der Waals surface area contributed by atoms with Gasteiger partial charge in [0.25, 0.3) is 0 Å². The van der Waals surface area contributed by atoms with Crippen LogP contribution in [0, 0.1) is 13.8 Å². The van der Waals surface area contributed by atoms with Crippen molar-refractivity contribution in [1.82, 2.24) is 0 Å². The normalized spacial score (nSPS) is 10.9. The minimum Gasteiger partial charge on any atom is -0.508 e. The smallest absolute Gasteiger partial charge is 0.193 e. The number of hydrogen-bond donors (Lipinski definition) is 3. The zero-order valence-corrected chi connectivity index (χ0v) is 13.1. The Labute approximate surface area is 134 Å². The average molecular weight is 314 g/mol. The number of benzene rings is 2. The molecule has 0 aliphatic rings. The van der Waals surface area contributed by atoms with E-state index in [-0.39, 0.29) is 34.1 Å². The molecule has 2 rings (SSSR count). The number of methoxy groups -OCH3 is 1. The van der Waals surface area contributed by atoms with E-state index in [1.807, 2.05) is 0 Å². The summed E-state index contributed by atoms with van der Waals surface area (Å²) in [6.07, 6.45) is 2.87. The third-order valence-corrected chi connectivity index (χ3v) is 3.64. The molecule has 0 radical (unpaired) electrons. The third-order valence-electron chi connectivity index (χ3n) is 3.64. The summed E-state index contributed by atoms with van der Waals surface area (Å²) in [6.45, 7) is 3.14. The summed E-state index contributed by atoms with van der Waals surface area (Å²) >= 11 is 0. The second-order valence-electron chi connectivity index (χ2n) is 5.14. The predicted octanol–water partition coefficient (Wildman–Crippen LogP) is 3.32. The average Bonchev–Trinajstić information content (AvgIpc) is 2.55. The van der Waals surface area contributed by atoms with E-state index in [0.29, 0.717) is 5.56 Å². The summed E-state index contributed by atoms with van der Waals surface area (Å²) in [5.41, 5.74) is 1.35. The van der Waals surface area contributed by atoms with Crippen LogP contribution < -0.4 is 4.74 Å². The maximum Gasteiger partial charge on any atom is 0.193 e. The Hall–Kier alpha value is -2.95.